The molecule has 0 fully saturated rings. The summed E-state index contributed by atoms with van der Waals surface area (Å²) in [5.74, 6) is 0.477. The molecule has 0 heterocycles. The summed E-state index contributed by atoms with van der Waals surface area (Å²) in [5.41, 5.74) is 6.74. The number of halogens is 1. The number of hydrazone groups is 1. The van der Waals surface area contributed by atoms with Crippen molar-refractivity contribution in [2.24, 2.45) is 5.10 Å². The average Bonchev–Trinajstić information content (AvgIpc) is 2.55. The van der Waals surface area contributed by atoms with Crippen LogP contribution in [0.3, 0.4) is 0 Å². The molecule has 0 aromatic heterocycles. The molecule has 132 valence electrons. The first-order chi connectivity index (χ1) is 11.8. The van der Waals surface area contributed by atoms with E-state index in [1.807, 2.05) is 32.9 Å². The monoisotopic (exact) mass is 404 g/mol. The van der Waals surface area contributed by atoms with Crippen molar-refractivity contribution >= 4 is 28.1 Å². The molecule has 2 N–H and O–H groups in total. The lowest BCUT2D eigenvalue weighted by Crippen LogP contribution is -2.25. The molecule has 0 aliphatic rings. The van der Waals surface area contributed by atoms with E-state index >= 15 is 0 Å². The number of ether oxygens (including phenoxy) is 1. The molecule has 2 aromatic carbocycles. The smallest absolute Gasteiger partial charge is 0.277 e. The van der Waals surface area contributed by atoms with Crippen LogP contribution in [-0.4, -0.2) is 23.8 Å². The Morgan fingerprint density at radius 2 is 1.88 bits per heavy atom. The van der Waals surface area contributed by atoms with E-state index in [2.05, 4.69) is 26.5 Å². The van der Waals surface area contributed by atoms with Gasteiger partial charge in [0.1, 0.15) is 11.5 Å². The van der Waals surface area contributed by atoms with Crippen LogP contribution in [0.5, 0.6) is 11.5 Å². The minimum atomic E-state index is -0.372. The number of carbonyl (C=O) groups excluding carboxylic acids is 1. The zero-order valence-corrected chi connectivity index (χ0v) is 16.3. The van der Waals surface area contributed by atoms with Crippen LogP contribution in [0, 0.1) is 27.7 Å². The second kappa shape index (κ2) is 8.16. The van der Waals surface area contributed by atoms with Gasteiger partial charge in [-0.1, -0.05) is 28.1 Å². The average molecular weight is 405 g/mol. The molecule has 2 rings (SSSR count). The highest BCUT2D eigenvalue weighted by Gasteiger charge is 2.09. The molecule has 0 unspecified atom stereocenters. The van der Waals surface area contributed by atoms with Gasteiger partial charge in [0, 0.05) is 10.0 Å². The van der Waals surface area contributed by atoms with Gasteiger partial charge in [-0.05, 0) is 62.1 Å². The SMILES string of the molecule is Cc1ccc(C)c(OCC(=O)N/N=C/c2cc(Br)cc(C)c2O)c1C. The van der Waals surface area contributed by atoms with Crippen molar-refractivity contribution in [1.29, 1.82) is 0 Å². The molecule has 0 bridgehead atoms. The van der Waals surface area contributed by atoms with Crippen LogP contribution in [0.25, 0.3) is 0 Å². The number of nitrogens with zero attached hydrogens (tertiary/aromatic N) is 1. The summed E-state index contributed by atoms with van der Waals surface area (Å²) < 4.78 is 6.46. The van der Waals surface area contributed by atoms with Crippen molar-refractivity contribution in [3.8, 4) is 11.5 Å². The Labute approximate surface area is 155 Å². The molecular weight excluding hydrogens is 384 g/mol. The second-order valence-electron chi connectivity index (χ2n) is 5.90. The van der Waals surface area contributed by atoms with E-state index in [0.717, 1.165) is 32.5 Å². The van der Waals surface area contributed by atoms with Gasteiger partial charge in [0.05, 0.1) is 6.21 Å². The van der Waals surface area contributed by atoms with E-state index in [1.165, 1.54) is 6.21 Å². The van der Waals surface area contributed by atoms with Crippen LogP contribution in [0.15, 0.2) is 33.8 Å². The second-order valence-corrected chi connectivity index (χ2v) is 6.81. The maximum absolute atomic E-state index is 11.9. The Morgan fingerprint density at radius 3 is 2.60 bits per heavy atom. The topological polar surface area (TPSA) is 70.9 Å². The first-order valence-corrected chi connectivity index (χ1v) is 8.59. The van der Waals surface area contributed by atoms with Crippen molar-refractivity contribution in [2.45, 2.75) is 27.7 Å². The van der Waals surface area contributed by atoms with E-state index in [1.54, 1.807) is 19.1 Å². The molecule has 6 heteroatoms. The highest BCUT2D eigenvalue weighted by Crippen LogP contribution is 2.26. The molecule has 5 nitrogen and oxygen atoms in total. The Morgan fingerprint density at radius 1 is 1.20 bits per heavy atom. The maximum atomic E-state index is 11.9. The molecule has 25 heavy (non-hydrogen) atoms. The minimum absolute atomic E-state index is 0.128. The fraction of sp³-hybridized carbons (Fsp3) is 0.263. The third-order valence-corrected chi connectivity index (χ3v) is 4.37. The number of phenolic OH excluding ortho intramolecular Hbond substituents is 1. The van der Waals surface area contributed by atoms with Crippen LogP contribution in [-0.2, 0) is 4.79 Å². The van der Waals surface area contributed by atoms with Gasteiger partial charge in [0.25, 0.3) is 5.91 Å². The number of benzene rings is 2. The number of aryl methyl sites for hydroxylation is 3. The minimum Gasteiger partial charge on any atom is -0.507 e. The molecule has 0 saturated carbocycles. The molecule has 0 atom stereocenters. The largest absolute Gasteiger partial charge is 0.507 e. The van der Waals surface area contributed by atoms with E-state index in [9.17, 15) is 9.90 Å². The molecule has 2 aromatic rings. The van der Waals surface area contributed by atoms with Gasteiger partial charge in [-0.25, -0.2) is 5.43 Å². The number of nitrogens with one attached hydrogen (secondary N) is 1. The maximum Gasteiger partial charge on any atom is 0.277 e. The lowest BCUT2D eigenvalue weighted by molar-refractivity contribution is -0.123. The van der Waals surface area contributed by atoms with Crippen LogP contribution >= 0.6 is 15.9 Å². The van der Waals surface area contributed by atoms with Gasteiger partial charge in [-0.2, -0.15) is 5.10 Å². The van der Waals surface area contributed by atoms with Gasteiger partial charge >= 0.3 is 0 Å². The number of hydrogen-bond acceptors (Lipinski definition) is 4. The zero-order chi connectivity index (χ0) is 18.6. The Balaban J connectivity index is 1.97. The lowest BCUT2D eigenvalue weighted by atomic mass is 10.1. The number of hydrogen-bond donors (Lipinski definition) is 2. The van der Waals surface area contributed by atoms with Crippen LogP contribution in [0.1, 0.15) is 27.8 Å². The van der Waals surface area contributed by atoms with Crippen LogP contribution in [0.4, 0.5) is 0 Å². The van der Waals surface area contributed by atoms with Crippen LogP contribution < -0.4 is 10.2 Å². The van der Waals surface area contributed by atoms with Crippen LogP contribution in [0.2, 0.25) is 0 Å². The Hall–Kier alpha value is -2.34. The highest BCUT2D eigenvalue weighted by atomic mass is 79.9. The summed E-state index contributed by atoms with van der Waals surface area (Å²) >= 11 is 3.36. The molecular formula is C19H21BrN2O3. The summed E-state index contributed by atoms with van der Waals surface area (Å²) in [7, 11) is 0. The summed E-state index contributed by atoms with van der Waals surface area (Å²) in [6.45, 7) is 7.56. The van der Waals surface area contributed by atoms with Crippen molar-refractivity contribution < 1.29 is 14.6 Å². The van der Waals surface area contributed by atoms with Gasteiger partial charge in [0.15, 0.2) is 6.61 Å². The summed E-state index contributed by atoms with van der Waals surface area (Å²) in [5, 5.41) is 13.9. The van der Waals surface area contributed by atoms with E-state index in [-0.39, 0.29) is 18.3 Å². The standard InChI is InChI=1S/C19H21BrN2O3/c1-11-5-6-12(2)19(14(11)4)25-10-17(23)22-21-9-15-8-16(20)7-13(3)18(15)24/h5-9,24H,10H2,1-4H3,(H,22,23)/b21-9+. The summed E-state index contributed by atoms with van der Waals surface area (Å²) in [6, 6.07) is 7.50. The number of phenols is 1. The van der Waals surface area contributed by atoms with Crippen molar-refractivity contribution in [3.05, 3.63) is 56.6 Å². The third-order valence-electron chi connectivity index (χ3n) is 3.91. The van der Waals surface area contributed by atoms with Gasteiger partial charge in [-0.3, -0.25) is 4.79 Å². The van der Waals surface area contributed by atoms with E-state index in [0.29, 0.717) is 5.56 Å². The molecule has 0 aliphatic carbocycles. The fourth-order valence-corrected chi connectivity index (χ4v) is 2.94. The molecule has 1 amide bonds. The number of amides is 1. The lowest BCUT2D eigenvalue weighted by Gasteiger charge is -2.13. The quantitative estimate of drug-likeness (QED) is 0.585. The van der Waals surface area contributed by atoms with Gasteiger partial charge < -0.3 is 9.84 Å². The summed E-state index contributed by atoms with van der Waals surface area (Å²) in [6.07, 6.45) is 1.40. The van der Waals surface area contributed by atoms with Crippen molar-refractivity contribution in [3.63, 3.8) is 0 Å². The Bertz CT molecular complexity index is 832. The summed E-state index contributed by atoms with van der Waals surface area (Å²) in [4.78, 5) is 11.9. The van der Waals surface area contributed by atoms with Gasteiger partial charge in [-0.15, -0.1) is 0 Å². The van der Waals surface area contributed by atoms with E-state index in [4.69, 9.17) is 4.74 Å². The Kier molecular flexibility index (Phi) is 6.20. The predicted octanol–water partition coefficient (Wildman–Crippen LogP) is 3.92. The fourth-order valence-electron chi connectivity index (χ4n) is 2.35. The van der Waals surface area contributed by atoms with E-state index < -0.39 is 0 Å². The molecule has 0 saturated heterocycles. The van der Waals surface area contributed by atoms with Crippen molar-refractivity contribution in [2.75, 3.05) is 6.61 Å². The first-order valence-electron chi connectivity index (χ1n) is 7.80. The molecule has 0 aliphatic heterocycles. The number of rotatable bonds is 5. The first kappa shape index (κ1) is 19.0. The highest BCUT2D eigenvalue weighted by molar-refractivity contribution is 9.10. The molecule has 0 spiro atoms. The van der Waals surface area contributed by atoms with Crippen molar-refractivity contribution in [1.82, 2.24) is 5.43 Å². The predicted molar refractivity (Wildman–Crippen MR) is 102 cm³/mol. The number of aromatic hydroxyl groups is 1. The third kappa shape index (κ3) is 4.82. The normalized spacial score (nSPS) is 10.9. The zero-order valence-electron chi connectivity index (χ0n) is 14.7. The molecule has 0 radical (unpaired) electrons. The number of carbonyl (C=O) groups is 1. The van der Waals surface area contributed by atoms with Gasteiger partial charge in [0.2, 0.25) is 0 Å².